The summed E-state index contributed by atoms with van der Waals surface area (Å²) in [7, 11) is 1.49. The van der Waals surface area contributed by atoms with Gasteiger partial charge in [0.15, 0.2) is 5.11 Å². The predicted molar refractivity (Wildman–Crippen MR) is 264 cm³/mol. The molecule has 20 nitrogen and oxygen atoms in total. The second-order valence-electron chi connectivity index (χ2n) is 18.8. The monoisotopic (exact) mass is 1040 g/mol. The number of hydrogen-bond donors (Lipinski definition) is 14. The molecule has 0 fully saturated rings. The van der Waals surface area contributed by atoms with Gasteiger partial charge in [-0.3, -0.25) is 0 Å². The summed E-state index contributed by atoms with van der Waals surface area (Å²) >= 11 is 5.17. The van der Waals surface area contributed by atoms with E-state index in [0.29, 0.717) is 25.0 Å². The molecule has 0 aromatic heterocycles. The van der Waals surface area contributed by atoms with Crippen LogP contribution in [0.1, 0.15) is 93.2 Å². The van der Waals surface area contributed by atoms with Gasteiger partial charge in [-0.05, 0) is 80.8 Å². The molecule has 0 saturated heterocycles. The fourth-order valence-electron chi connectivity index (χ4n) is 6.56. The summed E-state index contributed by atoms with van der Waals surface area (Å²) in [6.45, 7) is 18.9. The molecule has 1 rings (SSSR count). The summed E-state index contributed by atoms with van der Waals surface area (Å²) < 4.78 is 79.9. The molecule has 0 radical (unpaired) electrons. The average molecular weight is 1040 g/mol. The summed E-state index contributed by atoms with van der Waals surface area (Å²) in [4.78, 5) is 75.6. The zero-order valence-corrected chi connectivity index (χ0v) is 43.1. The number of anilines is 1. The number of alkyl halides is 6. The molecule has 1 aromatic carbocycles. The molecule has 406 valence electrons. The van der Waals surface area contributed by atoms with Crippen LogP contribution in [-0.2, 0) is 12.4 Å². The van der Waals surface area contributed by atoms with Crippen LogP contribution in [0, 0.1) is 23.7 Å². The van der Waals surface area contributed by atoms with Crippen molar-refractivity contribution in [2.75, 3.05) is 51.6 Å². The first-order valence-corrected chi connectivity index (χ1v) is 23.8. The Kier molecular flexibility index (Phi) is 27.3. The van der Waals surface area contributed by atoms with E-state index < -0.39 is 89.5 Å². The standard InChI is InChI=1S/C44H76F6N14O6S/c1-23(2)12-32(19-54-36(65)51-11)60-39(68)52-17-27(9)58-37(66)56-21-34(25(5)6)63-41(70)55-20-33(13-24(3)4)61-40(69)53-18-28(10)59-38(67)57-22-35(26(7)8)64-42(71)62-31-15-29(43(45,46)47)14-30(16-31)44(48,49)50/h14-16,23-28,32-35H,12-13,17-22H2,1-11H3,(H2,51,54,65)(H2,52,60,68)(H2,53,61,69)(H2,55,63,70)(H2,56,58,66)(H2,57,59,67)(H2,62,64,71)/t27-,28-,32?,33-,34+,35+/m0/s1. The van der Waals surface area contributed by atoms with E-state index in [-0.39, 0.29) is 86.2 Å². The maximum atomic E-state index is 13.3. The van der Waals surface area contributed by atoms with Crippen molar-refractivity contribution in [2.45, 2.75) is 131 Å². The lowest BCUT2D eigenvalue weighted by Crippen LogP contribution is -2.55. The molecule has 14 N–H and O–H groups in total. The molecule has 71 heavy (non-hydrogen) atoms. The van der Waals surface area contributed by atoms with Crippen molar-refractivity contribution in [3.8, 4) is 0 Å². The van der Waals surface area contributed by atoms with Crippen LogP contribution in [0.3, 0.4) is 0 Å². The molecule has 0 aliphatic carbocycles. The second-order valence-corrected chi connectivity index (χ2v) is 19.2. The van der Waals surface area contributed by atoms with Gasteiger partial charge in [0.25, 0.3) is 0 Å². The summed E-state index contributed by atoms with van der Waals surface area (Å²) in [6.07, 6.45) is -8.96. The van der Waals surface area contributed by atoms with Crippen molar-refractivity contribution in [1.29, 1.82) is 0 Å². The molecule has 0 heterocycles. The van der Waals surface area contributed by atoms with E-state index in [2.05, 4.69) is 74.4 Å². The molecule has 0 aliphatic rings. The topological polar surface area (TPSA) is 271 Å². The third-order valence-corrected chi connectivity index (χ3v) is 10.6. The number of rotatable bonds is 25. The minimum Gasteiger partial charge on any atom is -0.358 e. The zero-order chi connectivity index (χ0) is 54.2. The van der Waals surface area contributed by atoms with Crippen molar-refractivity contribution in [2.24, 2.45) is 23.7 Å². The van der Waals surface area contributed by atoms with Crippen LogP contribution in [0.5, 0.6) is 0 Å². The smallest absolute Gasteiger partial charge is 0.358 e. The molecule has 12 amide bonds. The Morgan fingerprint density at radius 2 is 0.803 bits per heavy atom. The first-order chi connectivity index (χ1) is 32.9. The molecular weight excluding hydrogens is 967 g/mol. The summed E-state index contributed by atoms with van der Waals surface area (Å²) in [5.41, 5.74) is -3.56. The van der Waals surface area contributed by atoms with E-state index in [9.17, 15) is 55.1 Å². The summed E-state index contributed by atoms with van der Waals surface area (Å²) in [5, 5.41) is 37.5. The fourth-order valence-corrected chi connectivity index (χ4v) is 6.82. The average Bonchev–Trinajstić information content (AvgIpc) is 3.24. The van der Waals surface area contributed by atoms with E-state index in [1.807, 2.05) is 41.5 Å². The highest BCUT2D eigenvalue weighted by Crippen LogP contribution is 2.37. The highest BCUT2D eigenvalue weighted by molar-refractivity contribution is 7.80. The Labute approximate surface area is 417 Å². The molecular formula is C44H76F6N14O6S. The Hall–Kier alpha value is -5.89. The minimum absolute atomic E-state index is 0.00210. The van der Waals surface area contributed by atoms with Crippen molar-refractivity contribution < 1.29 is 55.1 Å². The van der Waals surface area contributed by atoms with E-state index in [1.165, 1.54) is 7.05 Å². The van der Waals surface area contributed by atoms with E-state index in [4.69, 9.17) is 12.2 Å². The van der Waals surface area contributed by atoms with Crippen LogP contribution in [0.25, 0.3) is 0 Å². The number of urea groups is 6. The maximum Gasteiger partial charge on any atom is 0.416 e. The number of carbonyl (C=O) groups excluding carboxylic acids is 6. The first kappa shape index (κ1) is 63.1. The minimum atomic E-state index is -5.04. The normalized spacial score (nSPS) is 14.2. The van der Waals surface area contributed by atoms with Crippen LogP contribution in [0.15, 0.2) is 18.2 Å². The third kappa shape index (κ3) is 27.9. The Balaban J connectivity index is 2.62. The quantitative estimate of drug-likeness (QED) is 0.0459. The van der Waals surface area contributed by atoms with Gasteiger partial charge in [-0.25, -0.2) is 28.8 Å². The number of hydrogen-bond acceptors (Lipinski definition) is 7. The molecule has 0 spiro atoms. The van der Waals surface area contributed by atoms with Gasteiger partial charge in [-0.2, -0.15) is 26.3 Å². The van der Waals surface area contributed by atoms with Crippen LogP contribution in [0.4, 0.5) is 60.8 Å². The lowest BCUT2D eigenvalue weighted by atomic mass is 10.0. The molecule has 1 unspecified atom stereocenters. The van der Waals surface area contributed by atoms with Crippen molar-refractivity contribution in [3.63, 3.8) is 0 Å². The zero-order valence-electron chi connectivity index (χ0n) is 42.3. The van der Waals surface area contributed by atoms with Crippen molar-refractivity contribution in [3.05, 3.63) is 29.3 Å². The lowest BCUT2D eigenvalue weighted by molar-refractivity contribution is -0.143. The van der Waals surface area contributed by atoms with E-state index >= 15 is 0 Å². The molecule has 1 aromatic rings. The Morgan fingerprint density at radius 1 is 0.465 bits per heavy atom. The number of amides is 12. The first-order valence-electron chi connectivity index (χ1n) is 23.4. The van der Waals surface area contributed by atoms with Crippen LogP contribution < -0.4 is 74.4 Å². The SMILES string of the molecule is CNC(=O)NCC(CC(C)C)NC(=O)NC[C@H](C)NC(=O)NC[C@@H](NC(=O)NC[C@H](CC(C)C)NC(=O)NC[C@H](C)NC(=O)NC[C@@H](NC(=S)Nc1cc(C(F)(F)F)cc(C(F)(F)F)c1)C(C)C)C(C)C. The van der Waals surface area contributed by atoms with E-state index in [0.717, 1.165) is 0 Å². The number of nitrogens with one attached hydrogen (secondary N) is 14. The van der Waals surface area contributed by atoms with Gasteiger partial charge in [0.1, 0.15) is 0 Å². The van der Waals surface area contributed by atoms with Gasteiger partial charge in [0, 0.05) is 82.2 Å². The highest BCUT2D eigenvalue weighted by atomic mass is 32.1. The van der Waals surface area contributed by atoms with Crippen molar-refractivity contribution >= 4 is 59.2 Å². The van der Waals surface area contributed by atoms with Gasteiger partial charge in [0.05, 0.1) is 17.2 Å². The van der Waals surface area contributed by atoms with E-state index in [1.54, 1.807) is 27.7 Å². The van der Waals surface area contributed by atoms with Crippen LogP contribution in [-0.4, -0.2) is 124 Å². The Morgan fingerprint density at radius 3 is 1.17 bits per heavy atom. The number of thiocarbonyl (C=S) groups is 1. The Bertz CT molecular complexity index is 1850. The lowest BCUT2D eigenvalue weighted by Gasteiger charge is -2.26. The third-order valence-electron chi connectivity index (χ3n) is 10.4. The van der Waals surface area contributed by atoms with Gasteiger partial charge in [0.2, 0.25) is 0 Å². The maximum absolute atomic E-state index is 13.3. The largest absolute Gasteiger partial charge is 0.416 e. The fraction of sp³-hybridized carbons (Fsp3) is 0.705. The highest BCUT2D eigenvalue weighted by Gasteiger charge is 2.37. The summed E-state index contributed by atoms with van der Waals surface area (Å²) in [6, 6.07) is -4.98. The molecule has 0 saturated carbocycles. The summed E-state index contributed by atoms with van der Waals surface area (Å²) in [5.74, 6) is 0.0799. The molecule has 0 aliphatic heterocycles. The molecule has 27 heteroatoms. The van der Waals surface area contributed by atoms with Gasteiger partial charge in [-0.15, -0.1) is 0 Å². The number of carbonyl (C=O) groups is 6. The van der Waals surface area contributed by atoms with Crippen molar-refractivity contribution in [1.82, 2.24) is 69.1 Å². The second kappa shape index (κ2) is 30.8. The van der Waals surface area contributed by atoms with Gasteiger partial charge in [-0.1, -0.05) is 55.4 Å². The van der Waals surface area contributed by atoms with Gasteiger partial charge >= 0.3 is 48.5 Å². The molecule has 0 bridgehead atoms. The number of halogens is 6. The molecule has 6 atom stereocenters. The number of benzene rings is 1. The van der Waals surface area contributed by atoms with Crippen LogP contribution in [0.2, 0.25) is 0 Å². The van der Waals surface area contributed by atoms with Gasteiger partial charge < -0.3 is 74.4 Å². The van der Waals surface area contributed by atoms with Crippen LogP contribution >= 0.6 is 12.2 Å². The predicted octanol–water partition coefficient (Wildman–Crippen LogP) is 5.09.